The molecule has 0 unspecified atom stereocenters. The fourth-order valence-corrected chi connectivity index (χ4v) is 4.94. The van der Waals surface area contributed by atoms with Gasteiger partial charge in [0.1, 0.15) is 5.75 Å². The third-order valence-corrected chi connectivity index (χ3v) is 7.13. The molecule has 0 saturated carbocycles. The van der Waals surface area contributed by atoms with Crippen molar-refractivity contribution in [3.8, 4) is 11.4 Å². The van der Waals surface area contributed by atoms with Crippen LogP contribution in [0.5, 0.6) is 5.75 Å². The summed E-state index contributed by atoms with van der Waals surface area (Å²) in [4.78, 5) is 25.0. The molecule has 0 bridgehead atoms. The number of hydrogen-bond donors (Lipinski definition) is 2. The molecule has 2 amide bonds. The van der Waals surface area contributed by atoms with Gasteiger partial charge in [0.05, 0.1) is 39.8 Å². The fourth-order valence-electron chi connectivity index (χ4n) is 3.71. The summed E-state index contributed by atoms with van der Waals surface area (Å²) in [6, 6.07) is 12.9. The maximum atomic E-state index is 13.5. The van der Waals surface area contributed by atoms with Gasteiger partial charge in [0, 0.05) is 5.02 Å². The van der Waals surface area contributed by atoms with E-state index in [0.29, 0.717) is 16.8 Å². The van der Waals surface area contributed by atoms with Gasteiger partial charge in [0.2, 0.25) is 5.91 Å². The average molecular weight is 678 g/mol. The highest BCUT2D eigenvalue weighted by Gasteiger charge is 2.34. The number of nitrogens with one attached hydrogen (secondary N) is 2. The number of aromatic nitrogens is 3. The zero-order chi connectivity index (χ0) is 32.1. The molecule has 0 saturated heterocycles. The molecular weight excluding hydrogens is 659 g/mol. The molecule has 4 aromatic rings. The summed E-state index contributed by atoms with van der Waals surface area (Å²) >= 11 is 12.6. The first-order chi connectivity index (χ1) is 20.7. The number of halogens is 8. The van der Waals surface area contributed by atoms with E-state index in [1.165, 1.54) is 41.0 Å². The number of anilines is 1. The Kier molecular flexibility index (Phi) is 10.3. The third-order valence-electron chi connectivity index (χ3n) is 5.67. The van der Waals surface area contributed by atoms with Crippen LogP contribution in [0.4, 0.5) is 32.0 Å². The molecule has 232 valence electrons. The predicted molar refractivity (Wildman–Crippen MR) is 151 cm³/mol. The van der Waals surface area contributed by atoms with Crippen molar-refractivity contribution >= 4 is 52.5 Å². The number of thioether (sulfide) groups is 1. The lowest BCUT2D eigenvalue weighted by Gasteiger charge is -2.14. The van der Waals surface area contributed by atoms with Gasteiger partial charge in [-0.05, 0) is 48.5 Å². The van der Waals surface area contributed by atoms with Crippen molar-refractivity contribution < 1.29 is 40.7 Å². The SMILES string of the molecule is O=C(COc1ccc(Cl)cc1Cl)NCc1nnc(SCC(=O)Nc2ccccc2C(F)(F)F)n1-c1cccc(C(F)(F)F)c1. The zero-order valence-corrected chi connectivity index (χ0v) is 24.3. The van der Waals surface area contributed by atoms with E-state index in [2.05, 4.69) is 20.8 Å². The highest BCUT2D eigenvalue weighted by molar-refractivity contribution is 7.99. The minimum Gasteiger partial charge on any atom is -0.482 e. The number of para-hydroxylation sites is 1. The van der Waals surface area contributed by atoms with Crippen LogP contribution in [-0.4, -0.2) is 38.9 Å². The molecule has 44 heavy (non-hydrogen) atoms. The molecular formula is C27H19Cl2F6N5O3S. The van der Waals surface area contributed by atoms with Crippen molar-refractivity contribution in [1.82, 2.24) is 20.1 Å². The second kappa shape index (κ2) is 13.8. The van der Waals surface area contributed by atoms with Gasteiger partial charge in [-0.1, -0.05) is 53.2 Å². The van der Waals surface area contributed by atoms with Gasteiger partial charge < -0.3 is 15.4 Å². The molecule has 0 atom stereocenters. The number of alkyl halides is 6. The van der Waals surface area contributed by atoms with Crippen LogP contribution in [-0.2, 0) is 28.5 Å². The van der Waals surface area contributed by atoms with Crippen LogP contribution in [0.25, 0.3) is 5.69 Å². The van der Waals surface area contributed by atoms with Gasteiger partial charge in [0.25, 0.3) is 5.91 Å². The number of rotatable bonds is 10. The molecule has 0 aliphatic rings. The fraction of sp³-hybridized carbons (Fsp3) is 0.185. The quantitative estimate of drug-likeness (QED) is 0.138. The molecule has 8 nitrogen and oxygen atoms in total. The Hall–Kier alpha value is -3.95. The number of nitrogens with zero attached hydrogens (tertiary/aromatic N) is 3. The minimum absolute atomic E-state index is 0.00692. The van der Waals surface area contributed by atoms with E-state index in [-0.39, 0.29) is 34.0 Å². The van der Waals surface area contributed by atoms with Crippen molar-refractivity contribution in [3.05, 3.63) is 93.7 Å². The Balaban J connectivity index is 1.51. The molecule has 0 fully saturated rings. The smallest absolute Gasteiger partial charge is 0.418 e. The van der Waals surface area contributed by atoms with E-state index in [9.17, 15) is 35.9 Å². The normalized spacial score (nSPS) is 11.7. The van der Waals surface area contributed by atoms with Crippen LogP contribution in [0.15, 0.2) is 71.9 Å². The third kappa shape index (κ3) is 8.57. The summed E-state index contributed by atoms with van der Waals surface area (Å²) in [6.45, 7) is -0.786. The van der Waals surface area contributed by atoms with E-state index in [1.807, 2.05) is 0 Å². The second-order valence-corrected chi connectivity index (χ2v) is 10.6. The van der Waals surface area contributed by atoms with Crippen LogP contribution in [0.1, 0.15) is 17.0 Å². The van der Waals surface area contributed by atoms with Crippen LogP contribution in [0.2, 0.25) is 10.0 Å². The van der Waals surface area contributed by atoms with Gasteiger partial charge in [0.15, 0.2) is 17.6 Å². The van der Waals surface area contributed by atoms with Crippen molar-refractivity contribution in [2.75, 3.05) is 17.7 Å². The van der Waals surface area contributed by atoms with Crippen LogP contribution < -0.4 is 15.4 Å². The minimum atomic E-state index is -4.72. The Labute approximate surface area is 259 Å². The second-order valence-electron chi connectivity index (χ2n) is 8.80. The van der Waals surface area contributed by atoms with E-state index in [4.69, 9.17) is 27.9 Å². The lowest BCUT2D eigenvalue weighted by Crippen LogP contribution is -2.29. The average Bonchev–Trinajstić information content (AvgIpc) is 3.36. The Morgan fingerprint density at radius 2 is 1.64 bits per heavy atom. The first kappa shape index (κ1) is 33.0. The lowest BCUT2D eigenvalue weighted by atomic mass is 10.1. The summed E-state index contributed by atoms with van der Waals surface area (Å²) in [5, 5.41) is 13.0. The summed E-state index contributed by atoms with van der Waals surface area (Å²) in [5.41, 5.74) is -2.53. The molecule has 0 radical (unpaired) electrons. The van der Waals surface area contributed by atoms with Gasteiger partial charge in [-0.15, -0.1) is 10.2 Å². The Morgan fingerprint density at radius 1 is 0.886 bits per heavy atom. The van der Waals surface area contributed by atoms with Crippen LogP contribution >= 0.6 is 35.0 Å². The van der Waals surface area contributed by atoms with Gasteiger partial charge >= 0.3 is 12.4 Å². The van der Waals surface area contributed by atoms with Crippen molar-refractivity contribution in [1.29, 1.82) is 0 Å². The lowest BCUT2D eigenvalue weighted by molar-refractivity contribution is -0.138. The van der Waals surface area contributed by atoms with Crippen LogP contribution in [0, 0.1) is 0 Å². The number of benzene rings is 3. The molecule has 0 aliphatic carbocycles. The molecule has 0 aliphatic heterocycles. The first-order valence-corrected chi connectivity index (χ1v) is 14.0. The number of ether oxygens (including phenoxy) is 1. The summed E-state index contributed by atoms with van der Waals surface area (Å²) in [7, 11) is 0. The highest BCUT2D eigenvalue weighted by atomic mass is 35.5. The monoisotopic (exact) mass is 677 g/mol. The first-order valence-electron chi connectivity index (χ1n) is 12.3. The highest BCUT2D eigenvalue weighted by Crippen LogP contribution is 2.35. The van der Waals surface area contributed by atoms with Gasteiger partial charge in [-0.3, -0.25) is 14.2 Å². The van der Waals surface area contributed by atoms with E-state index in [0.717, 1.165) is 30.3 Å². The van der Waals surface area contributed by atoms with Crippen molar-refractivity contribution in [3.63, 3.8) is 0 Å². The standard InChI is InChI=1S/C27H19Cl2F6N5O3S/c28-16-8-9-21(19(29)11-16)43-13-23(41)36-12-22-38-39-25(40(22)17-5-3-4-15(10-17)26(30,31)32)44-14-24(42)37-20-7-2-1-6-18(20)27(33,34)35/h1-11H,12-14H2,(H,36,41)(H,37,42). The molecule has 17 heteroatoms. The maximum absolute atomic E-state index is 13.5. The van der Waals surface area contributed by atoms with Crippen LogP contribution in [0.3, 0.4) is 0 Å². The Morgan fingerprint density at radius 3 is 2.34 bits per heavy atom. The largest absolute Gasteiger partial charge is 0.482 e. The van der Waals surface area contributed by atoms with E-state index < -0.39 is 53.3 Å². The van der Waals surface area contributed by atoms with Crippen molar-refractivity contribution in [2.24, 2.45) is 0 Å². The van der Waals surface area contributed by atoms with E-state index in [1.54, 1.807) is 0 Å². The Bertz CT molecular complexity index is 1670. The van der Waals surface area contributed by atoms with Gasteiger partial charge in [-0.25, -0.2) is 0 Å². The molecule has 3 aromatic carbocycles. The van der Waals surface area contributed by atoms with Crippen molar-refractivity contribution in [2.45, 2.75) is 24.1 Å². The summed E-state index contributed by atoms with van der Waals surface area (Å²) in [6.07, 6.45) is -9.40. The summed E-state index contributed by atoms with van der Waals surface area (Å²) < 4.78 is 86.8. The molecule has 2 N–H and O–H groups in total. The molecule has 1 aromatic heterocycles. The van der Waals surface area contributed by atoms with E-state index >= 15 is 0 Å². The number of carbonyl (C=O) groups is 2. The van der Waals surface area contributed by atoms with Gasteiger partial charge in [-0.2, -0.15) is 26.3 Å². The number of hydrogen-bond acceptors (Lipinski definition) is 6. The summed E-state index contributed by atoms with van der Waals surface area (Å²) in [5.74, 6) is -1.75. The zero-order valence-electron chi connectivity index (χ0n) is 22.0. The predicted octanol–water partition coefficient (Wildman–Crippen LogP) is 7.04. The maximum Gasteiger partial charge on any atom is 0.418 e. The topological polar surface area (TPSA) is 98.1 Å². The number of amides is 2. The molecule has 4 rings (SSSR count). The molecule has 0 spiro atoms. The number of carbonyl (C=O) groups excluding carboxylic acids is 2. The molecule has 1 heterocycles.